The van der Waals surface area contributed by atoms with Gasteiger partial charge in [0.05, 0.1) is 0 Å². The number of carbonyl (C=O) groups is 1. The molecule has 0 aliphatic heterocycles. The molecule has 0 heterocycles. The molecule has 1 unspecified atom stereocenters. The molecule has 0 spiro atoms. The molecule has 70 valence electrons. The number of halogens is 2. The van der Waals surface area contributed by atoms with Gasteiger partial charge in [-0.3, -0.25) is 4.79 Å². The predicted octanol–water partition coefficient (Wildman–Crippen LogP) is 2.50. The molecule has 0 saturated heterocycles. The smallest absolute Gasteiger partial charge is 0.326 e. The van der Waals surface area contributed by atoms with Crippen LogP contribution < -0.4 is 0 Å². The highest BCUT2D eigenvalue weighted by Crippen LogP contribution is 2.24. The maximum absolute atomic E-state index is 13.0. The summed E-state index contributed by atoms with van der Waals surface area (Å²) in [5.74, 6) is -1.83. The van der Waals surface area contributed by atoms with Crippen molar-refractivity contribution in [2.45, 2.75) is 12.3 Å². The van der Waals surface area contributed by atoms with E-state index in [0.717, 1.165) is 5.56 Å². The molecule has 2 nitrogen and oxygen atoms in total. The highest BCUT2D eigenvalue weighted by molar-refractivity contribution is 6.29. The summed E-state index contributed by atoms with van der Waals surface area (Å²) in [7, 11) is 0. The fraction of sp³-hybridized carbons (Fsp3) is 0.222. The largest absolute Gasteiger partial charge is 0.480 e. The molecule has 1 aromatic rings. The summed E-state index contributed by atoms with van der Waals surface area (Å²) < 4.78 is 13.0. The number of rotatable bonds is 2. The van der Waals surface area contributed by atoms with E-state index in [2.05, 4.69) is 0 Å². The van der Waals surface area contributed by atoms with Crippen LogP contribution in [-0.4, -0.2) is 11.1 Å². The van der Waals surface area contributed by atoms with Gasteiger partial charge >= 0.3 is 5.97 Å². The van der Waals surface area contributed by atoms with Crippen LogP contribution in [0.4, 0.5) is 4.39 Å². The molecule has 0 amide bonds. The summed E-state index contributed by atoms with van der Waals surface area (Å²) >= 11 is 5.48. The van der Waals surface area contributed by atoms with E-state index in [1.54, 1.807) is 13.0 Å². The van der Waals surface area contributed by atoms with Crippen molar-refractivity contribution in [3.05, 3.63) is 35.1 Å². The van der Waals surface area contributed by atoms with Gasteiger partial charge in [0.25, 0.3) is 0 Å². The molecular formula is C9H8ClFO2. The quantitative estimate of drug-likeness (QED) is 0.749. The number of aryl methyl sites for hydroxylation is 1. The van der Waals surface area contributed by atoms with E-state index in [0.29, 0.717) is 0 Å². The van der Waals surface area contributed by atoms with Crippen molar-refractivity contribution in [1.82, 2.24) is 0 Å². The second-order valence-corrected chi connectivity index (χ2v) is 3.16. The average molecular weight is 203 g/mol. The van der Waals surface area contributed by atoms with Crippen LogP contribution in [-0.2, 0) is 4.79 Å². The number of benzene rings is 1. The monoisotopic (exact) mass is 202 g/mol. The van der Waals surface area contributed by atoms with Crippen LogP contribution in [0.1, 0.15) is 16.5 Å². The van der Waals surface area contributed by atoms with E-state index in [9.17, 15) is 9.18 Å². The molecule has 0 saturated carbocycles. The summed E-state index contributed by atoms with van der Waals surface area (Å²) in [5, 5.41) is 7.23. The highest BCUT2D eigenvalue weighted by atomic mass is 35.5. The Morgan fingerprint density at radius 3 is 2.77 bits per heavy atom. The van der Waals surface area contributed by atoms with Gasteiger partial charge in [-0.25, -0.2) is 4.39 Å². The van der Waals surface area contributed by atoms with Crippen molar-refractivity contribution >= 4 is 17.6 Å². The van der Waals surface area contributed by atoms with Crippen LogP contribution in [0.25, 0.3) is 0 Å². The second kappa shape index (κ2) is 3.75. The molecule has 0 aromatic heterocycles. The Bertz CT molecular complexity index is 338. The number of carboxylic acid groups (broad SMARTS) is 1. The molecule has 1 atom stereocenters. The zero-order valence-corrected chi connectivity index (χ0v) is 7.68. The third kappa shape index (κ3) is 2.18. The van der Waals surface area contributed by atoms with Crippen LogP contribution in [0.2, 0.25) is 0 Å². The third-order valence-corrected chi connectivity index (χ3v) is 2.06. The number of hydrogen-bond donors (Lipinski definition) is 1. The number of hydrogen-bond acceptors (Lipinski definition) is 1. The summed E-state index contributed by atoms with van der Waals surface area (Å²) in [4.78, 5) is 10.5. The van der Waals surface area contributed by atoms with Gasteiger partial charge in [-0.2, -0.15) is 0 Å². The Kier molecular flexibility index (Phi) is 2.88. The molecule has 1 rings (SSSR count). The molecule has 0 aliphatic carbocycles. The molecule has 0 radical (unpaired) electrons. The Morgan fingerprint density at radius 1 is 1.62 bits per heavy atom. The van der Waals surface area contributed by atoms with Crippen LogP contribution in [0, 0.1) is 12.7 Å². The lowest BCUT2D eigenvalue weighted by Gasteiger charge is -2.06. The topological polar surface area (TPSA) is 37.3 Å². The highest BCUT2D eigenvalue weighted by Gasteiger charge is 2.19. The van der Waals surface area contributed by atoms with E-state index in [-0.39, 0.29) is 5.56 Å². The number of aliphatic carboxylic acids is 1. The van der Waals surface area contributed by atoms with E-state index in [1.807, 2.05) is 0 Å². The first-order valence-corrected chi connectivity index (χ1v) is 4.09. The standard InChI is InChI=1S/C9H8ClFO2/c1-5-2-3-7(11)6(4-5)8(10)9(12)13/h2-4,8H,1H3,(H,12,13). The van der Waals surface area contributed by atoms with Crippen LogP contribution in [0.3, 0.4) is 0 Å². The molecule has 0 fully saturated rings. The SMILES string of the molecule is Cc1ccc(F)c(C(Cl)C(=O)O)c1. The van der Waals surface area contributed by atoms with Gasteiger partial charge < -0.3 is 5.11 Å². The zero-order valence-electron chi connectivity index (χ0n) is 6.92. The van der Waals surface area contributed by atoms with Gasteiger partial charge in [0.15, 0.2) is 5.38 Å². The molecule has 1 aromatic carbocycles. The van der Waals surface area contributed by atoms with Crippen molar-refractivity contribution in [1.29, 1.82) is 0 Å². The predicted molar refractivity (Wildman–Crippen MR) is 47.4 cm³/mol. The fourth-order valence-corrected chi connectivity index (χ4v) is 1.16. The minimum absolute atomic E-state index is 0.00849. The van der Waals surface area contributed by atoms with Gasteiger partial charge in [0.1, 0.15) is 5.82 Å². The minimum atomic E-state index is -1.32. The van der Waals surface area contributed by atoms with Gasteiger partial charge in [0.2, 0.25) is 0 Å². The molecule has 1 N–H and O–H groups in total. The first-order valence-electron chi connectivity index (χ1n) is 3.65. The van der Waals surface area contributed by atoms with Crippen molar-refractivity contribution in [3.63, 3.8) is 0 Å². The van der Waals surface area contributed by atoms with Crippen LogP contribution in [0.5, 0.6) is 0 Å². The van der Waals surface area contributed by atoms with Crippen molar-refractivity contribution < 1.29 is 14.3 Å². The summed E-state index contributed by atoms with van der Waals surface area (Å²) in [6.45, 7) is 1.74. The lowest BCUT2D eigenvalue weighted by atomic mass is 10.1. The van der Waals surface area contributed by atoms with Crippen molar-refractivity contribution in [2.75, 3.05) is 0 Å². The van der Waals surface area contributed by atoms with Gasteiger partial charge in [-0.1, -0.05) is 17.7 Å². The minimum Gasteiger partial charge on any atom is -0.480 e. The van der Waals surface area contributed by atoms with E-state index in [1.165, 1.54) is 12.1 Å². The van der Waals surface area contributed by atoms with Crippen molar-refractivity contribution in [2.24, 2.45) is 0 Å². The Hall–Kier alpha value is -1.09. The third-order valence-electron chi connectivity index (χ3n) is 1.64. The van der Waals surface area contributed by atoms with Gasteiger partial charge in [-0.15, -0.1) is 11.6 Å². The van der Waals surface area contributed by atoms with Crippen LogP contribution >= 0.6 is 11.6 Å². The van der Waals surface area contributed by atoms with E-state index in [4.69, 9.17) is 16.7 Å². The van der Waals surface area contributed by atoms with Crippen LogP contribution in [0.15, 0.2) is 18.2 Å². The molecule has 0 bridgehead atoms. The maximum atomic E-state index is 13.0. The Balaban J connectivity index is 3.12. The van der Waals surface area contributed by atoms with Gasteiger partial charge in [-0.05, 0) is 13.0 Å². The fourth-order valence-electron chi connectivity index (χ4n) is 0.990. The zero-order chi connectivity index (χ0) is 10.0. The lowest BCUT2D eigenvalue weighted by Crippen LogP contribution is -2.07. The summed E-state index contributed by atoms with van der Waals surface area (Å²) in [6.07, 6.45) is 0. The molecular weight excluding hydrogens is 195 g/mol. The summed E-state index contributed by atoms with van der Waals surface area (Å²) in [5.41, 5.74) is 0.789. The first kappa shape index (κ1) is 9.99. The molecule has 13 heavy (non-hydrogen) atoms. The average Bonchev–Trinajstić information content (AvgIpc) is 2.08. The second-order valence-electron chi connectivity index (χ2n) is 2.73. The number of alkyl halides is 1. The Morgan fingerprint density at radius 2 is 2.23 bits per heavy atom. The number of carboxylic acids is 1. The van der Waals surface area contributed by atoms with E-state index < -0.39 is 17.2 Å². The maximum Gasteiger partial charge on any atom is 0.326 e. The van der Waals surface area contributed by atoms with E-state index >= 15 is 0 Å². The first-order chi connectivity index (χ1) is 6.02. The Labute approximate surface area is 80.0 Å². The normalized spacial score (nSPS) is 12.5. The summed E-state index contributed by atoms with van der Waals surface area (Å²) in [6, 6.07) is 4.20. The lowest BCUT2D eigenvalue weighted by molar-refractivity contribution is -0.136. The van der Waals surface area contributed by atoms with Crippen molar-refractivity contribution in [3.8, 4) is 0 Å². The molecule has 0 aliphatic rings. The molecule has 4 heteroatoms. The van der Waals surface area contributed by atoms with Gasteiger partial charge in [0, 0.05) is 5.56 Å².